The van der Waals surface area contributed by atoms with Crippen molar-refractivity contribution in [3.63, 3.8) is 0 Å². The van der Waals surface area contributed by atoms with Crippen LogP contribution in [0.3, 0.4) is 0 Å². The minimum absolute atomic E-state index is 1.10. The fourth-order valence-corrected chi connectivity index (χ4v) is 0.977. The summed E-state index contributed by atoms with van der Waals surface area (Å²) in [5.41, 5.74) is 0. The first-order chi connectivity index (χ1) is 4.97. The van der Waals surface area contributed by atoms with Crippen molar-refractivity contribution in [3.05, 3.63) is 36.7 Å². The smallest absolute Gasteiger partial charge is 0.113 e. The zero-order valence-corrected chi connectivity index (χ0v) is 5.49. The lowest BCUT2D eigenvalue weighted by molar-refractivity contribution is 1.18. The van der Waals surface area contributed by atoms with E-state index in [9.17, 15) is 0 Å². The van der Waals surface area contributed by atoms with Gasteiger partial charge in [0.1, 0.15) is 5.82 Å². The summed E-state index contributed by atoms with van der Waals surface area (Å²) in [7, 11) is 0. The van der Waals surface area contributed by atoms with Gasteiger partial charge in [-0.3, -0.25) is 0 Å². The molecule has 0 saturated heterocycles. The minimum atomic E-state index is 1.10. The molecule has 0 aliphatic carbocycles. The summed E-state index contributed by atoms with van der Waals surface area (Å²) in [6.45, 7) is 0. The molecule has 2 heteroatoms. The molecule has 1 aliphatic heterocycles. The molecule has 50 valence electrons. The summed E-state index contributed by atoms with van der Waals surface area (Å²) in [5.74, 6) is 1.10. The zero-order chi connectivity index (χ0) is 6.81. The summed E-state index contributed by atoms with van der Waals surface area (Å²) < 4.78 is 2.03. The highest BCUT2D eigenvalue weighted by Gasteiger charge is 1.94. The van der Waals surface area contributed by atoms with Gasteiger partial charge in [-0.05, 0) is 24.3 Å². The van der Waals surface area contributed by atoms with Crippen molar-refractivity contribution in [2.24, 2.45) is 0 Å². The molecular formula is C8H8N2. The highest BCUT2D eigenvalue weighted by molar-refractivity contribution is 5.50. The van der Waals surface area contributed by atoms with Crippen molar-refractivity contribution in [2.75, 3.05) is 5.32 Å². The Hall–Kier alpha value is -1.44. The second-order valence-corrected chi connectivity index (χ2v) is 2.15. The standard InChI is InChI=1S/C8H8N2/c1-2-6-10-7-3-4-8(10)9-5-1/h1-7,9H. The monoisotopic (exact) mass is 132 g/mol. The van der Waals surface area contributed by atoms with E-state index in [1.807, 2.05) is 47.4 Å². The molecule has 2 rings (SSSR count). The Morgan fingerprint density at radius 2 is 2.30 bits per heavy atom. The molecule has 0 atom stereocenters. The number of anilines is 1. The number of nitrogens with zero attached hydrogens (tertiary/aromatic N) is 1. The van der Waals surface area contributed by atoms with Crippen molar-refractivity contribution in [1.29, 1.82) is 0 Å². The second-order valence-electron chi connectivity index (χ2n) is 2.15. The Morgan fingerprint density at radius 3 is 3.30 bits per heavy atom. The third-order valence-electron chi connectivity index (χ3n) is 1.46. The maximum absolute atomic E-state index is 3.12. The fourth-order valence-electron chi connectivity index (χ4n) is 0.977. The van der Waals surface area contributed by atoms with E-state index in [2.05, 4.69) is 5.32 Å². The van der Waals surface area contributed by atoms with Gasteiger partial charge >= 0.3 is 0 Å². The van der Waals surface area contributed by atoms with E-state index in [-0.39, 0.29) is 0 Å². The van der Waals surface area contributed by atoms with Crippen molar-refractivity contribution < 1.29 is 0 Å². The van der Waals surface area contributed by atoms with Gasteiger partial charge in [-0.1, -0.05) is 0 Å². The predicted octanol–water partition coefficient (Wildman–Crippen LogP) is 1.90. The zero-order valence-electron chi connectivity index (χ0n) is 5.49. The minimum Gasteiger partial charge on any atom is -0.348 e. The summed E-state index contributed by atoms with van der Waals surface area (Å²) in [4.78, 5) is 0. The molecule has 1 aliphatic rings. The van der Waals surface area contributed by atoms with E-state index < -0.39 is 0 Å². The average molecular weight is 132 g/mol. The van der Waals surface area contributed by atoms with Crippen LogP contribution in [0, 0.1) is 0 Å². The fraction of sp³-hybridized carbons (Fsp3) is 0. The topological polar surface area (TPSA) is 17.0 Å². The second kappa shape index (κ2) is 2.06. The molecule has 2 nitrogen and oxygen atoms in total. The van der Waals surface area contributed by atoms with Crippen LogP contribution in [-0.2, 0) is 0 Å². The Morgan fingerprint density at radius 1 is 1.30 bits per heavy atom. The number of aromatic nitrogens is 1. The van der Waals surface area contributed by atoms with Crippen LogP contribution in [0.1, 0.15) is 0 Å². The van der Waals surface area contributed by atoms with Gasteiger partial charge in [-0.2, -0.15) is 0 Å². The van der Waals surface area contributed by atoms with Gasteiger partial charge in [0.2, 0.25) is 0 Å². The van der Waals surface area contributed by atoms with Gasteiger partial charge in [0, 0.05) is 18.6 Å². The largest absolute Gasteiger partial charge is 0.348 e. The molecule has 0 bridgehead atoms. The van der Waals surface area contributed by atoms with Crippen molar-refractivity contribution >= 4 is 12.0 Å². The van der Waals surface area contributed by atoms with Gasteiger partial charge in [0.25, 0.3) is 0 Å². The summed E-state index contributed by atoms with van der Waals surface area (Å²) in [6, 6.07) is 4.03. The molecule has 1 N–H and O–H groups in total. The van der Waals surface area contributed by atoms with Gasteiger partial charge in [-0.25, -0.2) is 0 Å². The van der Waals surface area contributed by atoms with Crippen LogP contribution in [0.5, 0.6) is 0 Å². The van der Waals surface area contributed by atoms with E-state index >= 15 is 0 Å². The van der Waals surface area contributed by atoms with Crippen LogP contribution in [0.15, 0.2) is 36.7 Å². The molecule has 1 aromatic heterocycles. The quantitative estimate of drug-likeness (QED) is 0.570. The van der Waals surface area contributed by atoms with Crippen LogP contribution in [-0.4, -0.2) is 4.57 Å². The van der Waals surface area contributed by atoms with Gasteiger partial charge in [0.15, 0.2) is 0 Å². The van der Waals surface area contributed by atoms with Crippen LogP contribution < -0.4 is 5.32 Å². The Bertz CT molecular complexity index is 281. The number of nitrogens with one attached hydrogen (secondary N) is 1. The molecule has 0 radical (unpaired) electrons. The lowest BCUT2D eigenvalue weighted by Crippen LogP contribution is -1.90. The Kier molecular flexibility index (Phi) is 1.10. The first-order valence-corrected chi connectivity index (χ1v) is 3.23. The number of hydrogen-bond donors (Lipinski definition) is 1. The van der Waals surface area contributed by atoms with Gasteiger partial charge in [-0.15, -0.1) is 0 Å². The Balaban J connectivity index is 2.50. The normalized spacial score (nSPS) is 14.0. The van der Waals surface area contributed by atoms with Crippen molar-refractivity contribution in [3.8, 4) is 0 Å². The van der Waals surface area contributed by atoms with Crippen LogP contribution in [0.25, 0.3) is 6.20 Å². The van der Waals surface area contributed by atoms with Gasteiger partial charge < -0.3 is 9.88 Å². The molecule has 0 aromatic carbocycles. The van der Waals surface area contributed by atoms with Crippen LogP contribution in [0.4, 0.5) is 5.82 Å². The summed E-state index contributed by atoms with van der Waals surface area (Å²) in [6.07, 6.45) is 9.88. The maximum atomic E-state index is 3.12. The van der Waals surface area contributed by atoms with Crippen molar-refractivity contribution in [2.45, 2.75) is 0 Å². The molecule has 1 aromatic rings. The van der Waals surface area contributed by atoms with E-state index in [0.717, 1.165) is 5.82 Å². The third kappa shape index (κ3) is 0.739. The lowest BCUT2D eigenvalue weighted by atomic mass is 10.6. The van der Waals surface area contributed by atoms with E-state index in [0.29, 0.717) is 0 Å². The highest BCUT2D eigenvalue weighted by Crippen LogP contribution is 2.10. The number of fused-ring (bicyclic) bond motifs is 1. The molecule has 0 saturated carbocycles. The van der Waals surface area contributed by atoms with Crippen molar-refractivity contribution in [1.82, 2.24) is 4.57 Å². The Labute approximate surface area is 59.5 Å². The van der Waals surface area contributed by atoms with E-state index in [1.165, 1.54) is 0 Å². The van der Waals surface area contributed by atoms with E-state index in [1.54, 1.807) is 0 Å². The molecule has 0 unspecified atom stereocenters. The van der Waals surface area contributed by atoms with Crippen LogP contribution in [0.2, 0.25) is 0 Å². The van der Waals surface area contributed by atoms with Crippen LogP contribution >= 0.6 is 0 Å². The SMILES string of the molecule is C1=CNc2cccn2C=C1. The molecule has 0 spiro atoms. The third-order valence-corrected chi connectivity index (χ3v) is 1.46. The molecular weight excluding hydrogens is 124 g/mol. The lowest BCUT2D eigenvalue weighted by Gasteiger charge is -1.98. The number of rotatable bonds is 0. The highest BCUT2D eigenvalue weighted by atomic mass is 15.1. The maximum Gasteiger partial charge on any atom is 0.113 e. The van der Waals surface area contributed by atoms with E-state index in [4.69, 9.17) is 0 Å². The molecule has 2 heterocycles. The number of allylic oxidation sites excluding steroid dienone is 2. The first kappa shape index (κ1) is 5.35. The summed E-state index contributed by atoms with van der Waals surface area (Å²) in [5, 5.41) is 3.12. The first-order valence-electron chi connectivity index (χ1n) is 3.23. The summed E-state index contributed by atoms with van der Waals surface area (Å²) >= 11 is 0. The molecule has 0 amide bonds. The van der Waals surface area contributed by atoms with Gasteiger partial charge in [0.05, 0.1) is 0 Å². The average Bonchev–Trinajstić information content (AvgIpc) is 2.28. The molecule has 10 heavy (non-hydrogen) atoms. The predicted molar refractivity (Wildman–Crippen MR) is 42.5 cm³/mol. The number of hydrogen-bond acceptors (Lipinski definition) is 1. The molecule has 0 fully saturated rings.